The Morgan fingerprint density at radius 2 is 1.62 bits per heavy atom. The largest absolute Gasteiger partial charge is 0.480 e. The Hall–Kier alpha value is -3.39. The van der Waals surface area contributed by atoms with E-state index in [1.807, 2.05) is 42.5 Å². The van der Waals surface area contributed by atoms with Crippen molar-refractivity contribution in [3.63, 3.8) is 0 Å². The fraction of sp³-hybridized carbons (Fsp3) is 0.0952. The van der Waals surface area contributed by atoms with E-state index >= 15 is 0 Å². The summed E-state index contributed by atoms with van der Waals surface area (Å²) in [5, 5.41) is 4.41. The Bertz CT molecular complexity index is 980. The number of benzene rings is 3. The summed E-state index contributed by atoms with van der Waals surface area (Å²) in [4.78, 5) is 11.8. The molecular formula is C21H15F2NO2. The third kappa shape index (κ3) is 3.98. The minimum absolute atomic E-state index is 0.0362. The molecule has 0 atom stereocenters. The molecule has 3 rings (SSSR count). The maximum Gasteiger partial charge on any atom is 0.258 e. The van der Waals surface area contributed by atoms with Gasteiger partial charge in [0.25, 0.3) is 5.91 Å². The van der Waals surface area contributed by atoms with Gasteiger partial charge in [-0.05, 0) is 23.6 Å². The van der Waals surface area contributed by atoms with Crippen LogP contribution in [-0.4, -0.2) is 19.1 Å². The van der Waals surface area contributed by atoms with E-state index in [9.17, 15) is 13.6 Å². The van der Waals surface area contributed by atoms with Gasteiger partial charge in [-0.1, -0.05) is 54.3 Å². The smallest absolute Gasteiger partial charge is 0.258 e. The number of carbonyl (C=O) groups excluding carboxylic acids is 1. The van der Waals surface area contributed by atoms with Gasteiger partial charge in [-0.15, -0.1) is 0 Å². The first-order valence-corrected chi connectivity index (χ1v) is 7.95. The van der Waals surface area contributed by atoms with Crippen LogP contribution in [0.3, 0.4) is 0 Å². The van der Waals surface area contributed by atoms with Crippen molar-refractivity contribution in [2.75, 3.05) is 13.2 Å². The van der Waals surface area contributed by atoms with Gasteiger partial charge >= 0.3 is 0 Å². The molecule has 0 heterocycles. The molecule has 3 aromatic rings. The quantitative estimate of drug-likeness (QED) is 0.724. The third-order valence-electron chi connectivity index (χ3n) is 3.70. The van der Waals surface area contributed by atoms with Crippen molar-refractivity contribution in [1.29, 1.82) is 0 Å². The van der Waals surface area contributed by atoms with Gasteiger partial charge in [-0.3, -0.25) is 4.79 Å². The summed E-state index contributed by atoms with van der Waals surface area (Å²) in [6, 6.07) is 16.8. The second-order valence-electron chi connectivity index (χ2n) is 5.40. The molecule has 0 unspecified atom stereocenters. The van der Waals surface area contributed by atoms with E-state index in [2.05, 4.69) is 17.2 Å². The summed E-state index contributed by atoms with van der Waals surface area (Å²) in [5.74, 6) is 3.51. The van der Waals surface area contributed by atoms with Crippen LogP contribution in [0.1, 0.15) is 10.4 Å². The number of rotatable bonds is 4. The summed E-state index contributed by atoms with van der Waals surface area (Å²) in [6.07, 6.45) is 0. The predicted molar refractivity (Wildman–Crippen MR) is 95.9 cm³/mol. The number of ether oxygens (including phenoxy) is 1. The Balaban J connectivity index is 1.54. The van der Waals surface area contributed by atoms with E-state index in [0.29, 0.717) is 0 Å². The van der Waals surface area contributed by atoms with Crippen molar-refractivity contribution in [2.45, 2.75) is 0 Å². The molecule has 0 fully saturated rings. The van der Waals surface area contributed by atoms with Crippen LogP contribution in [0.15, 0.2) is 60.7 Å². The first-order valence-electron chi connectivity index (χ1n) is 7.95. The lowest BCUT2D eigenvalue weighted by Gasteiger charge is -2.06. The highest BCUT2D eigenvalue weighted by atomic mass is 19.1. The van der Waals surface area contributed by atoms with Crippen molar-refractivity contribution in [3.8, 4) is 17.6 Å². The van der Waals surface area contributed by atoms with Gasteiger partial charge < -0.3 is 10.1 Å². The lowest BCUT2D eigenvalue weighted by atomic mass is 10.1. The first kappa shape index (κ1) is 17.4. The molecule has 0 saturated carbocycles. The fourth-order valence-electron chi connectivity index (χ4n) is 2.48. The van der Waals surface area contributed by atoms with Crippen molar-refractivity contribution in [2.24, 2.45) is 0 Å². The minimum atomic E-state index is -0.908. The maximum absolute atomic E-state index is 13.5. The van der Waals surface area contributed by atoms with E-state index in [4.69, 9.17) is 4.74 Å². The SMILES string of the molecule is O=C(NCC#CCOc1cccc2ccccc12)c1c(F)cccc1F. The highest BCUT2D eigenvalue weighted by molar-refractivity contribution is 5.94. The molecule has 0 aromatic heterocycles. The molecule has 1 N–H and O–H groups in total. The van der Waals surface area contributed by atoms with Gasteiger partial charge in [-0.2, -0.15) is 0 Å². The summed E-state index contributed by atoms with van der Waals surface area (Å²) in [6.45, 7) is 0.101. The number of nitrogens with one attached hydrogen (secondary N) is 1. The average molecular weight is 351 g/mol. The lowest BCUT2D eigenvalue weighted by molar-refractivity contribution is 0.0950. The number of amides is 1. The topological polar surface area (TPSA) is 38.3 Å². The van der Waals surface area contributed by atoms with Crippen LogP contribution >= 0.6 is 0 Å². The Morgan fingerprint density at radius 3 is 2.42 bits per heavy atom. The maximum atomic E-state index is 13.5. The Kier molecular flexibility index (Phi) is 5.45. The van der Waals surface area contributed by atoms with Gasteiger partial charge in [0.15, 0.2) is 0 Å². The molecule has 0 aliphatic carbocycles. The number of hydrogen-bond acceptors (Lipinski definition) is 2. The van der Waals surface area contributed by atoms with E-state index in [1.165, 1.54) is 6.07 Å². The van der Waals surface area contributed by atoms with E-state index in [1.54, 1.807) is 0 Å². The van der Waals surface area contributed by atoms with Crippen LogP contribution in [-0.2, 0) is 0 Å². The zero-order valence-corrected chi connectivity index (χ0v) is 13.8. The van der Waals surface area contributed by atoms with E-state index in [0.717, 1.165) is 28.7 Å². The molecule has 0 saturated heterocycles. The lowest BCUT2D eigenvalue weighted by Crippen LogP contribution is -2.25. The van der Waals surface area contributed by atoms with Crippen LogP contribution in [0.2, 0.25) is 0 Å². The van der Waals surface area contributed by atoms with Gasteiger partial charge in [0, 0.05) is 5.39 Å². The molecule has 1 amide bonds. The molecular weight excluding hydrogens is 336 g/mol. The van der Waals surface area contributed by atoms with Crippen LogP contribution < -0.4 is 10.1 Å². The summed E-state index contributed by atoms with van der Waals surface area (Å²) in [5.41, 5.74) is -0.610. The van der Waals surface area contributed by atoms with Gasteiger partial charge in [0.1, 0.15) is 29.6 Å². The van der Waals surface area contributed by atoms with Crippen molar-refractivity contribution >= 4 is 16.7 Å². The highest BCUT2D eigenvalue weighted by Crippen LogP contribution is 2.24. The second-order valence-corrected chi connectivity index (χ2v) is 5.40. The van der Waals surface area contributed by atoms with E-state index < -0.39 is 23.1 Å². The average Bonchev–Trinajstić information content (AvgIpc) is 2.64. The molecule has 3 nitrogen and oxygen atoms in total. The Labute approximate surface area is 149 Å². The standard InChI is InChI=1S/C21H15F2NO2/c22-17-10-6-11-18(23)20(17)21(25)24-13-3-4-14-26-19-12-5-8-15-7-1-2-9-16(15)19/h1-2,5-12H,13-14H2,(H,24,25). The first-order chi connectivity index (χ1) is 12.7. The number of halogens is 2. The van der Waals surface area contributed by atoms with Crippen LogP contribution in [0.25, 0.3) is 10.8 Å². The summed E-state index contributed by atoms with van der Waals surface area (Å²) >= 11 is 0. The molecule has 0 spiro atoms. The van der Waals surface area contributed by atoms with Crippen molar-refractivity contribution < 1.29 is 18.3 Å². The molecule has 26 heavy (non-hydrogen) atoms. The molecule has 0 bridgehead atoms. The number of fused-ring (bicyclic) bond motifs is 1. The van der Waals surface area contributed by atoms with E-state index in [-0.39, 0.29) is 13.2 Å². The molecule has 0 aliphatic rings. The zero-order chi connectivity index (χ0) is 18.4. The van der Waals surface area contributed by atoms with Crippen LogP contribution in [0, 0.1) is 23.5 Å². The van der Waals surface area contributed by atoms with Crippen LogP contribution in [0.5, 0.6) is 5.75 Å². The molecule has 0 aliphatic heterocycles. The summed E-state index contributed by atoms with van der Waals surface area (Å²) < 4.78 is 32.6. The third-order valence-corrected chi connectivity index (χ3v) is 3.70. The number of carbonyl (C=O) groups is 1. The second kappa shape index (κ2) is 8.13. The predicted octanol–water partition coefficient (Wildman–Crippen LogP) is 3.93. The van der Waals surface area contributed by atoms with Crippen molar-refractivity contribution in [3.05, 3.63) is 77.9 Å². The van der Waals surface area contributed by atoms with Gasteiger partial charge in [-0.25, -0.2) is 8.78 Å². The normalized spacial score (nSPS) is 10.1. The highest BCUT2D eigenvalue weighted by Gasteiger charge is 2.15. The number of hydrogen-bond donors (Lipinski definition) is 1. The fourth-order valence-corrected chi connectivity index (χ4v) is 2.48. The summed E-state index contributed by atoms with van der Waals surface area (Å²) in [7, 11) is 0. The molecule has 130 valence electrons. The minimum Gasteiger partial charge on any atom is -0.480 e. The van der Waals surface area contributed by atoms with Crippen molar-refractivity contribution in [1.82, 2.24) is 5.32 Å². The monoisotopic (exact) mass is 351 g/mol. The Morgan fingerprint density at radius 1 is 0.923 bits per heavy atom. The van der Waals surface area contributed by atoms with Gasteiger partial charge in [0.05, 0.1) is 6.54 Å². The molecule has 0 radical (unpaired) electrons. The van der Waals surface area contributed by atoms with Gasteiger partial charge in [0.2, 0.25) is 0 Å². The van der Waals surface area contributed by atoms with Crippen LogP contribution in [0.4, 0.5) is 8.78 Å². The zero-order valence-electron chi connectivity index (χ0n) is 13.8. The molecule has 3 aromatic carbocycles. The molecule has 5 heteroatoms.